The molecular weight excluding hydrogens is 366 g/mol. The molecule has 146 valence electrons. The third kappa shape index (κ3) is 5.07. The Morgan fingerprint density at radius 1 is 0.963 bits per heavy atom. The van der Waals surface area contributed by atoms with Crippen molar-refractivity contribution in [3.63, 3.8) is 0 Å². The number of ether oxygens (including phenoxy) is 3. The molecule has 1 unspecified atom stereocenters. The van der Waals surface area contributed by atoms with Gasteiger partial charge < -0.3 is 19.5 Å². The first-order chi connectivity index (χ1) is 12.9. The maximum Gasteiger partial charge on any atom is 0.225 e. The Kier molecular flexibility index (Phi) is 7.36. The summed E-state index contributed by atoms with van der Waals surface area (Å²) < 4.78 is 16.1. The predicted molar refractivity (Wildman–Crippen MR) is 107 cm³/mol. The van der Waals surface area contributed by atoms with E-state index in [1.54, 1.807) is 27.4 Å². The lowest BCUT2D eigenvalue weighted by atomic mass is 9.95. The molecule has 0 aliphatic carbocycles. The standard InChI is InChI=1S/C21H26ClNO4/c1-13(2)19(14-6-9-16(22)10-7-14)23-18(24)12-15-8-11-17(25-3)21(27-5)20(15)26-4/h6-11,13,19H,12H2,1-5H3,(H,23,24). The summed E-state index contributed by atoms with van der Waals surface area (Å²) in [5.74, 6) is 1.65. The summed E-state index contributed by atoms with van der Waals surface area (Å²) in [4.78, 5) is 12.7. The molecule has 0 radical (unpaired) electrons. The van der Waals surface area contributed by atoms with Crippen LogP contribution in [-0.2, 0) is 11.2 Å². The number of benzene rings is 2. The number of rotatable bonds is 8. The molecule has 5 nitrogen and oxygen atoms in total. The zero-order valence-corrected chi connectivity index (χ0v) is 17.1. The molecule has 2 rings (SSSR count). The van der Waals surface area contributed by atoms with Crippen LogP contribution in [0.2, 0.25) is 5.02 Å². The molecule has 0 fully saturated rings. The minimum atomic E-state index is -0.110. The Hall–Kier alpha value is -2.40. The lowest BCUT2D eigenvalue weighted by molar-refractivity contribution is -0.121. The maximum absolute atomic E-state index is 12.7. The topological polar surface area (TPSA) is 56.8 Å². The van der Waals surface area contributed by atoms with Crippen LogP contribution in [0.5, 0.6) is 17.2 Å². The van der Waals surface area contributed by atoms with Crippen molar-refractivity contribution in [2.45, 2.75) is 26.3 Å². The number of methoxy groups -OCH3 is 3. The van der Waals surface area contributed by atoms with Gasteiger partial charge in [-0.2, -0.15) is 0 Å². The average Bonchev–Trinajstić information content (AvgIpc) is 2.66. The first kappa shape index (κ1) is 20.9. The van der Waals surface area contributed by atoms with Crippen molar-refractivity contribution in [2.75, 3.05) is 21.3 Å². The number of hydrogen-bond acceptors (Lipinski definition) is 4. The molecule has 0 aliphatic rings. The van der Waals surface area contributed by atoms with E-state index in [2.05, 4.69) is 19.2 Å². The summed E-state index contributed by atoms with van der Waals surface area (Å²) in [5, 5.41) is 3.78. The first-order valence-electron chi connectivity index (χ1n) is 8.73. The molecule has 1 atom stereocenters. The SMILES string of the molecule is COc1ccc(CC(=O)NC(c2ccc(Cl)cc2)C(C)C)c(OC)c1OC. The van der Waals surface area contributed by atoms with Gasteiger partial charge in [-0.3, -0.25) is 4.79 Å². The smallest absolute Gasteiger partial charge is 0.225 e. The number of carbonyl (C=O) groups is 1. The van der Waals surface area contributed by atoms with Gasteiger partial charge >= 0.3 is 0 Å². The van der Waals surface area contributed by atoms with E-state index in [9.17, 15) is 4.79 Å². The lowest BCUT2D eigenvalue weighted by Crippen LogP contribution is -2.33. The van der Waals surface area contributed by atoms with Gasteiger partial charge in [-0.25, -0.2) is 0 Å². The minimum Gasteiger partial charge on any atom is -0.493 e. The Labute approximate surface area is 165 Å². The van der Waals surface area contributed by atoms with Crippen LogP contribution in [0.3, 0.4) is 0 Å². The van der Waals surface area contributed by atoms with E-state index in [-0.39, 0.29) is 24.3 Å². The molecule has 0 aromatic heterocycles. The van der Waals surface area contributed by atoms with E-state index in [4.69, 9.17) is 25.8 Å². The Balaban J connectivity index is 2.22. The zero-order valence-electron chi connectivity index (χ0n) is 16.3. The summed E-state index contributed by atoms with van der Waals surface area (Å²) in [6.45, 7) is 4.13. The second kappa shape index (κ2) is 9.51. The van der Waals surface area contributed by atoms with Crippen molar-refractivity contribution >= 4 is 17.5 Å². The number of halogens is 1. The van der Waals surface area contributed by atoms with Crippen molar-refractivity contribution in [2.24, 2.45) is 5.92 Å². The van der Waals surface area contributed by atoms with Gasteiger partial charge in [0.25, 0.3) is 0 Å². The molecule has 6 heteroatoms. The summed E-state index contributed by atoms with van der Waals surface area (Å²) in [6.07, 6.45) is 0.167. The second-order valence-electron chi connectivity index (χ2n) is 6.51. The fourth-order valence-corrected chi connectivity index (χ4v) is 3.13. The lowest BCUT2D eigenvalue weighted by Gasteiger charge is -2.23. The summed E-state index contributed by atoms with van der Waals surface area (Å²) in [5.41, 5.74) is 1.74. The van der Waals surface area contributed by atoms with Gasteiger partial charge in [0.2, 0.25) is 11.7 Å². The molecule has 27 heavy (non-hydrogen) atoms. The van der Waals surface area contributed by atoms with E-state index < -0.39 is 0 Å². The molecule has 1 N–H and O–H groups in total. The molecule has 0 saturated heterocycles. The molecular formula is C21H26ClNO4. The number of hydrogen-bond donors (Lipinski definition) is 1. The van der Waals surface area contributed by atoms with Crippen LogP contribution < -0.4 is 19.5 Å². The first-order valence-corrected chi connectivity index (χ1v) is 9.11. The second-order valence-corrected chi connectivity index (χ2v) is 6.95. The van der Waals surface area contributed by atoms with Crippen molar-refractivity contribution in [1.29, 1.82) is 0 Å². The van der Waals surface area contributed by atoms with E-state index in [0.717, 1.165) is 11.1 Å². The van der Waals surface area contributed by atoms with E-state index in [1.165, 1.54) is 0 Å². The Morgan fingerprint density at radius 2 is 1.59 bits per heavy atom. The third-order valence-electron chi connectivity index (χ3n) is 4.35. The van der Waals surface area contributed by atoms with Crippen molar-refractivity contribution in [3.8, 4) is 17.2 Å². The molecule has 0 saturated carbocycles. The van der Waals surface area contributed by atoms with Gasteiger partial charge in [-0.05, 0) is 29.7 Å². The molecule has 0 aliphatic heterocycles. The molecule has 0 bridgehead atoms. The van der Waals surface area contributed by atoms with Gasteiger partial charge in [0.15, 0.2) is 11.5 Å². The average molecular weight is 392 g/mol. The Bertz CT molecular complexity index is 774. The van der Waals surface area contributed by atoms with Gasteiger partial charge in [0.05, 0.1) is 33.8 Å². The molecule has 2 aromatic carbocycles. The normalized spacial score (nSPS) is 11.8. The summed E-state index contributed by atoms with van der Waals surface area (Å²) in [6, 6.07) is 11.0. The highest BCUT2D eigenvalue weighted by Crippen LogP contribution is 2.40. The Morgan fingerprint density at radius 3 is 2.11 bits per heavy atom. The van der Waals surface area contributed by atoms with E-state index in [0.29, 0.717) is 22.3 Å². The van der Waals surface area contributed by atoms with Crippen LogP contribution in [0.25, 0.3) is 0 Å². The van der Waals surface area contributed by atoms with Gasteiger partial charge in [-0.1, -0.05) is 43.6 Å². The highest BCUT2D eigenvalue weighted by atomic mass is 35.5. The number of carbonyl (C=O) groups excluding carboxylic acids is 1. The summed E-state index contributed by atoms with van der Waals surface area (Å²) >= 11 is 5.97. The largest absolute Gasteiger partial charge is 0.493 e. The van der Waals surface area contributed by atoms with Crippen LogP contribution >= 0.6 is 11.6 Å². The monoisotopic (exact) mass is 391 g/mol. The number of amides is 1. The minimum absolute atomic E-state index is 0.103. The van der Waals surface area contributed by atoms with Gasteiger partial charge in [0, 0.05) is 10.6 Å². The third-order valence-corrected chi connectivity index (χ3v) is 4.60. The predicted octanol–water partition coefficient (Wildman–Crippen LogP) is 4.42. The van der Waals surface area contributed by atoms with Crippen molar-refractivity contribution in [1.82, 2.24) is 5.32 Å². The van der Waals surface area contributed by atoms with Gasteiger partial charge in [0.1, 0.15) is 0 Å². The maximum atomic E-state index is 12.7. The van der Waals surface area contributed by atoms with Crippen molar-refractivity contribution in [3.05, 3.63) is 52.5 Å². The number of nitrogens with one attached hydrogen (secondary N) is 1. The fourth-order valence-electron chi connectivity index (χ4n) is 3.00. The molecule has 0 spiro atoms. The quantitative estimate of drug-likeness (QED) is 0.723. The fraction of sp³-hybridized carbons (Fsp3) is 0.381. The van der Waals surface area contributed by atoms with Gasteiger partial charge in [-0.15, -0.1) is 0 Å². The zero-order chi connectivity index (χ0) is 20.0. The van der Waals surface area contributed by atoms with Crippen LogP contribution in [0.15, 0.2) is 36.4 Å². The molecule has 0 heterocycles. The van der Waals surface area contributed by atoms with Crippen LogP contribution in [-0.4, -0.2) is 27.2 Å². The van der Waals surface area contributed by atoms with Crippen LogP contribution in [0.1, 0.15) is 31.0 Å². The van der Waals surface area contributed by atoms with Crippen LogP contribution in [0, 0.1) is 5.92 Å². The summed E-state index contributed by atoms with van der Waals surface area (Å²) in [7, 11) is 4.64. The van der Waals surface area contributed by atoms with Crippen molar-refractivity contribution < 1.29 is 19.0 Å². The molecule has 2 aromatic rings. The van der Waals surface area contributed by atoms with E-state index >= 15 is 0 Å². The highest BCUT2D eigenvalue weighted by Gasteiger charge is 2.21. The van der Waals surface area contributed by atoms with E-state index in [1.807, 2.05) is 30.3 Å². The molecule has 1 amide bonds. The highest BCUT2D eigenvalue weighted by molar-refractivity contribution is 6.30. The van der Waals surface area contributed by atoms with Crippen LogP contribution in [0.4, 0.5) is 0 Å².